The van der Waals surface area contributed by atoms with E-state index in [1.807, 2.05) is 31.3 Å². The fraction of sp³-hybridized carbons (Fsp3) is 0.455. The molecule has 1 aromatic rings. The Morgan fingerprint density at radius 1 is 1.31 bits per heavy atom. The van der Waals surface area contributed by atoms with Crippen LogP contribution >= 0.6 is 20.8 Å². The number of rotatable bonds is 7. The molecule has 3 nitrogen and oxygen atoms in total. The average Bonchev–Trinajstić information content (AvgIpc) is 2.29. The minimum absolute atomic E-state index is 0.254. The molecule has 0 aliphatic carbocycles. The van der Waals surface area contributed by atoms with Gasteiger partial charge in [0.2, 0.25) is 0 Å². The van der Waals surface area contributed by atoms with Crippen molar-refractivity contribution in [3.63, 3.8) is 0 Å². The lowest BCUT2D eigenvalue weighted by Gasteiger charge is -2.14. The van der Waals surface area contributed by atoms with E-state index in [1.165, 1.54) is 0 Å². The molecule has 0 saturated carbocycles. The Labute approximate surface area is 104 Å². The van der Waals surface area contributed by atoms with Crippen LogP contribution in [0.4, 0.5) is 0 Å². The number of hydrogen-bond donors (Lipinski definition) is 2. The quantitative estimate of drug-likeness (QED) is 0.579. The second kappa shape index (κ2) is 7.86. The van der Waals surface area contributed by atoms with Gasteiger partial charge in [0.15, 0.2) is 0 Å². The van der Waals surface area contributed by atoms with Gasteiger partial charge < -0.3 is 15.4 Å². The lowest BCUT2D eigenvalue weighted by atomic mass is 10.3. The van der Waals surface area contributed by atoms with Gasteiger partial charge in [0.05, 0.1) is 5.78 Å². The third-order valence-corrected chi connectivity index (χ3v) is 2.70. The minimum atomic E-state index is 0.254. The molecule has 1 rings (SSSR count). The maximum Gasteiger partial charge on any atom is 0.119 e. The standard InChI is InChI=1S/C11H18ClN2OP/c1-13-6-7-14-11(16)8-15-10-4-2-9(12)3-5-10/h2-5,11,13-14H,6-8,16H2,1H3. The summed E-state index contributed by atoms with van der Waals surface area (Å²) in [6.45, 7) is 2.50. The fourth-order valence-electron chi connectivity index (χ4n) is 1.16. The molecule has 2 atom stereocenters. The summed E-state index contributed by atoms with van der Waals surface area (Å²) in [5.41, 5.74) is 0. The lowest BCUT2D eigenvalue weighted by molar-refractivity contribution is 0.302. The van der Waals surface area contributed by atoms with E-state index in [-0.39, 0.29) is 5.78 Å². The van der Waals surface area contributed by atoms with E-state index >= 15 is 0 Å². The predicted molar refractivity (Wildman–Crippen MR) is 72.4 cm³/mol. The van der Waals surface area contributed by atoms with Gasteiger partial charge in [-0.3, -0.25) is 0 Å². The van der Waals surface area contributed by atoms with Crippen molar-refractivity contribution in [2.45, 2.75) is 5.78 Å². The third-order valence-electron chi connectivity index (χ3n) is 2.02. The van der Waals surface area contributed by atoms with Crippen LogP contribution in [0, 0.1) is 0 Å². The van der Waals surface area contributed by atoms with E-state index in [9.17, 15) is 0 Å². The number of likely N-dealkylation sites (N-methyl/N-ethyl adjacent to an activating group) is 1. The Morgan fingerprint density at radius 3 is 2.62 bits per heavy atom. The summed E-state index contributed by atoms with van der Waals surface area (Å²) in [6.07, 6.45) is 0. The first-order valence-corrected chi connectivity index (χ1v) is 6.29. The van der Waals surface area contributed by atoms with Crippen molar-refractivity contribution in [3.8, 4) is 5.75 Å². The van der Waals surface area contributed by atoms with Crippen molar-refractivity contribution in [1.82, 2.24) is 10.6 Å². The van der Waals surface area contributed by atoms with Gasteiger partial charge in [0.1, 0.15) is 12.4 Å². The van der Waals surface area contributed by atoms with Gasteiger partial charge >= 0.3 is 0 Å². The first-order valence-electron chi connectivity index (χ1n) is 5.24. The van der Waals surface area contributed by atoms with E-state index in [2.05, 4.69) is 19.9 Å². The van der Waals surface area contributed by atoms with Crippen LogP contribution in [0.15, 0.2) is 24.3 Å². The molecule has 2 unspecified atom stereocenters. The third kappa shape index (κ3) is 5.66. The first-order chi connectivity index (χ1) is 7.72. The fourth-order valence-corrected chi connectivity index (χ4v) is 1.55. The first kappa shape index (κ1) is 13.7. The second-order valence-corrected chi connectivity index (χ2v) is 4.67. The average molecular weight is 261 g/mol. The smallest absolute Gasteiger partial charge is 0.119 e. The molecule has 0 aliphatic heterocycles. The molecule has 5 heteroatoms. The molecule has 1 aromatic carbocycles. The zero-order valence-corrected chi connectivity index (χ0v) is 11.3. The van der Waals surface area contributed by atoms with Crippen LogP contribution in [-0.2, 0) is 0 Å². The van der Waals surface area contributed by atoms with Crippen molar-refractivity contribution in [2.75, 3.05) is 26.7 Å². The molecule has 16 heavy (non-hydrogen) atoms. The van der Waals surface area contributed by atoms with E-state index < -0.39 is 0 Å². The number of ether oxygens (including phenoxy) is 1. The minimum Gasteiger partial charge on any atom is -0.492 e. The predicted octanol–water partition coefficient (Wildman–Crippen LogP) is 1.73. The van der Waals surface area contributed by atoms with E-state index in [0.717, 1.165) is 23.9 Å². The molecular weight excluding hydrogens is 243 g/mol. The molecule has 0 amide bonds. The van der Waals surface area contributed by atoms with Gasteiger partial charge in [-0.2, -0.15) is 0 Å². The Bertz CT molecular complexity index is 295. The van der Waals surface area contributed by atoms with Crippen molar-refractivity contribution < 1.29 is 4.74 Å². The molecular formula is C11H18ClN2OP. The van der Waals surface area contributed by atoms with Crippen molar-refractivity contribution in [1.29, 1.82) is 0 Å². The normalized spacial score (nSPS) is 12.4. The molecule has 0 heterocycles. The number of hydrogen-bond acceptors (Lipinski definition) is 3. The Balaban J connectivity index is 2.20. The van der Waals surface area contributed by atoms with Crippen molar-refractivity contribution >= 4 is 20.8 Å². The molecule has 0 aromatic heterocycles. The lowest BCUT2D eigenvalue weighted by Crippen LogP contribution is -2.34. The molecule has 0 radical (unpaired) electrons. The molecule has 0 aliphatic rings. The second-order valence-electron chi connectivity index (χ2n) is 3.43. The summed E-state index contributed by atoms with van der Waals surface area (Å²) in [5, 5.41) is 7.11. The van der Waals surface area contributed by atoms with Crippen molar-refractivity contribution in [2.24, 2.45) is 0 Å². The number of nitrogens with one attached hydrogen (secondary N) is 2. The van der Waals surface area contributed by atoms with Crippen LogP contribution in [0.5, 0.6) is 5.75 Å². The summed E-state index contributed by atoms with van der Waals surface area (Å²) in [6, 6.07) is 7.38. The Kier molecular flexibility index (Phi) is 6.74. The van der Waals surface area contributed by atoms with E-state index in [1.54, 1.807) is 0 Å². The highest BCUT2D eigenvalue weighted by molar-refractivity contribution is 7.17. The summed E-state index contributed by atoms with van der Waals surface area (Å²) < 4.78 is 5.59. The summed E-state index contributed by atoms with van der Waals surface area (Å²) in [7, 11) is 4.65. The molecule has 90 valence electrons. The molecule has 0 fully saturated rings. The summed E-state index contributed by atoms with van der Waals surface area (Å²) >= 11 is 5.78. The van der Waals surface area contributed by atoms with Crippen LogP contribution in [0.25, 0.3) is 0 Å². The van der Waals surface area contributed by atoms with Gasteiger partial charge in [-0.05, 0) is 31.3 Å². The van der Waals surface area contributed by atoms with Crippen LogP contribution in [0.3, 0.4) is 0 Å². The largest absolute Gasteiger partial charge is 0.492 e. The highest BCUT2D eigenvalue weighted by atomic mass is 35.5. The SMILES string of the molecule is CNCCNC(P)COc1ccc(Cl)cc1. The number of benzene rings is 1. The van der Waals surface area contributed by atoms with Crippen molar-refractivity contribution in [3.05, 3.63) is 29.3 Å². The van der Waals surface area contributed by atoms with Gasteiger partial charge in [-0.1, -0.05) is 11.6 Å². The zero-order valence-electron chi connectivity index (χ0n) is 9.37. The van der Waals surface area contributed by atoms with Crippen LogP contribution in [-0.4, -0.2) is 32.5 Å². The van der Waals surface area contributed by atoms with Crippen LogP contribution < -0.4 is 15.4 Å². The van der Waals surface area contributed by atoms with Gasteiger partial charge in [0, 0.05) is 18.1 Å². The van der Waals surface area contributed by atoms with Gasteiger partial charge in [-0.15, -0.1) is 9.24 Å². The highest BCUT2D eigenvalue weighted by Gasteiger charge is 2.01. The van der Waals surface area contributed by atoms with E-state index in [4.69, 9.17) is 16.3 Å². The monoisotopic (exact) mass is 260 g/mol. The van der Waals surface area contributed by atoms with Crippen LogP contribution in [0.2, 0.25) is 5.02 Å². The Morgan fingerprint density at radius 2 is 2.00 bits per heavy atom. The summed E-state index contributed by atoms with van der Waals surface area (Å²) in [4.78, 5) is 0. The van der Waals surface area contributed by atoms with Gasteiger partial charge in [-0.25, -0.2) is 0 Å². The van der Waals surface area contributed by atoms with E-state index in [0.29, 0.717) is 6.61 Å². The molecule has 0 bridgehead atoms. The maximum absolute atomic E-state index is 5.78. The molecule has 0 saturated heterocycles. The van der Waals surface area contributed by atoms with Gasteiger partial charge in [0.25, 0.3) is 0 Å². The summed E-state index contributed by atoms with van der Waals surface area (Å²) in [5.74, 6) is 1.09. The maximum atomic E-state index is 5.78. The zero-order chi connectivity index (χ0) is 11.8. The molecule has 2 N–H and O–H groups in total. The highest BCUT2D eigenvalue weighted by Crippen LogP contribution is 2.15. The number of halogens is 1. The topological polar surface area (TPSA) is 33.3 Å². The van der Waals surface area contributed by atoms with Crippen LogP contribution in [0.1, 0.15) is 0 Å². The Hall–Kier alpha value is -0.340. The molecule has 0 spiro atoms.